The molecule has 5 nitrogen and oxygen atoms in total. The Morgan fingerprint density at radius 2 is 2.16 bits per heavy atom. The van der Waals surface area contributed by atoms with E-state index in [4.69, 9.17) is 4.74 Å². The van der Waals surface area contributed by atoms with Crippen molar-refractivity contribution in [2.24, 2.45) is 10.9 Å². The van der Waals surface area contributed by atoms with Gasteiger partial charge in [0.1, 0.15) is 11.1 Å². The van der Waals surface area contributed by atoms with Crippen molar-refractivity contribution in [1.82, 2.24) is 15.2 Å². The third-order valence-corrected chi connectivity index (χ3v) is 5.39. The van der Waals surface area contributed by atoms with E-state index in [1.54, 1.807) is 18.4 Å². The average Bonchev–Trinajstić information content (AvgIpc) is 3.05. The molecule has 0 radical (unpaired) electrons. The quantitative estimate of drug-likeness (QED) is 0.299. The number of nitrogens with zero attached hydrogens (tertiary/aromatic N) is 3. The fraction of sp³-hybridized carbons (Fsp3) is 0.778. The van der Waals surface area contributed by atoms with Gasteiger partial charge in [0, 0.05) is 33.1 Å². The molecule has 0 saturated heterocycles. The number of aliphatic imine (C=N–C) groups is 1. The molecule has 7 heteroatoms. The molecule has 0 aliphatic carbocycles. The Morgan fingerprint density at radius 3 is 2.72 bits per heavy atom. The summed E-state index contributed by atoms with van der Waals surface area (Å²) in [7, 11) is 5.61. The summed E-state index contributed by atoms with van der Waals surface area (Å²) in [4.78, 5) is 11.2. The zero-order valence-corrected chi connectivity index (χ0v) is 19.7. The Hall–Kier alpha value is -0.410. The Morgan fingerprint density at radius 1 is 1.44 bits per heavy atom. The summed E-state index contributed by atoms with van der Waals surface area (Å²) in [6, 6.07) is 0. The molecule has 2 atom stereocenters. The fourth-order valence-electron chi connectivity index (χ4n) is 2.56. The van der Waals surface area contributed by atoms with Crippen LogP contribution in [0.1, 0.15) is 63.3 Å². The molecule has 2 unspecified atom stereocenters. The van der Waals surface area contributed by atoms with Crippen LogP contribution in [0, 0.1) is 5.92 Å². The molecule has 0 fully saturated rings. The minimum Gasteiger partial charge on any atom is -0.375 e. The monoisotopic (exact) mass is 482 g/mol. The van der Waals surface area contributed by atoms with Crippen LogP contribution < -0.4 is 5.32 Å². The molecule has 1 aromatic rings. The molecule has 1 aromatic heterocycles. The van der Waals surface area contributed by atoms with Crippen LogP contribution in [-0.4, -0.2) is 43.6 Å². The summed E-state index contributed by atoms with van der Waals surface area (Å²) < 4.78 is 5.33. The normalized spacial score (nSPS) is 13.9. The van der Waals surface area contributed by atoms with Crippen LogP contribution in [0.25, 0.3) is 0 Å². The smallest absolute Gasteiger partial charge is 0.193 e. The minimum atomic E-state index is 0. The van der Waals surface area contributed by atoms with Crippen LogP contribution in [-0.2, 0) is 11.3 Å². The van der Waals surface area contributed by atoms with Gasteiger partial charge in [-0.3, -0.25) is 4.99 Å². The highest BCUT2D eigenvalue weighted by Gasteiger charge is 2.13. The molecule has 146 valence electrons. The second-order valence-electron chi connectivity index (χ2n) is 6.26. The third kappa shape index (κ3) is 8.68. The molecule has 1 rings (SSSR count). The van der Waals surface area contributed by atoms with Gasteiger partial charge in [-0.2, -0.15) is 0 Å². The highest BCUT2D eigenvalue weighted by atomic mass is 127. The summed E-state index contributed by atoms with van der Waals surface area (Å²) >= 11 is 1.65. The SMILES string of the molecule is CCCCC(CC)CNC(=NC)N(C)Cc1csc(C(C)OC)n1.I. The summed E-state index contributed by atoms with van der Waals surface area (Å²) in [6.45, 7) is 8.27. The maximum Gasteiger partial charge on any atom is 0.193 e. The van der Waals surface area contributed by atoms with E-state index >= 15 is 0 Å². The Labute approximate surface area is 174 Å². The zero-order valence-electron chi connectivity index (χ0n) is 16.5. The molecule has 0 aliphatic heterocycles. The largest absolute Gasteiger partial charge is 0.375 e. The molecule has 0 amide bonds. The molecular weight excluding hydrogens is 447 g/mol. The van der Waals surface area contributed by atoms with Crippen LogP contribution in [0.5, 0.6) is 0 Å². The number of rotatable bonds is 10. The van der Waals surface area contributed by atoms with Crippen molar-refractivity contribution >= 4 is 41.3 Å². The number of ether oxygens (including phenoxy) is 1. The van der Waals surface area contributed by atoms with Crippen LogP contribution in [0.2, 0.25) is 0 Å². The number of nitrogens with one attached hydrogen (secondary N) is 1. The molecule has 0 aliphatic rings. The van der Waals surface area contributed by atoms with Crippen molar-refractivity contribution in [3.05, 3.63) is 16.1 Å². The van der Waals surface area contributed by atoms with Gasteiger partial charge in [-0.15, -0.1) is 35.3 Å². The lowest BCUT2D eigenvalue weighted by molar-refractivity contribution is 0.119. The molecule has 1 heterocycles. The lowest BCUT2D eigenvalue weighted by Crippen LogP contribution is -2.40. The maximum absolute atomic E-state index is 5.33. The first kappa shape index (κ1) is 24.6. The van der Waals surface area contributed by atoms with Gasteiger partial charge in [-0.1, -0.05) is 33.1 Å². The van der Waals surface area contributed by atoms with Gasteiger partial charge in [0.2, 0.25) is 0 Å². The van der Waals surface area contributed by atoms with Gasteiger partial charge in [-0.05, 0) is 19.3 Å². The van der Waals surface area contributed by atoms with Crippen molar-refractivity contribution in [3.8, 4) is 0 Å². The highest BCUT2D eigenvalue weighted by Crippen LogP contribution is 2.21. The van der Waals surface area contributed by atoms with E-state index in [9.17, 15) is 0 Å². The summed E-state index contributed by atoms with van der Waals surface area (Å²) in [5, 5.41) is 6.64. The van der Waals surface area contributed by atoms with Gasteiger partial charge >= 0.3 is 0 Å². The summed E-state index contributed by atoms with van der Waals surface area (Å²) in [6.07, 6.45) is 5.10. The number of thiazole rings is 1. The molecule has 25 heavy (non-hydrogen) atoms. The van der Waals surface area contributed by atoms with Crippen LogP contribution in [0.3, 0.4) is 0 Å². The van der Waals surface area contributed by atoms with Crippen molar-refractivity contribution in [2.75, 3.05) is 27.7 Å². The molecular formula is C18H35IN4OS. The Bertz CT molecular complexity index is 495. The topological polar surface area (TPSA) is 49.8 Å². The van der Waals surface area contributed by atoms with Gasteiger partial charge < -0.3 is 15.0 Å². The maximum atomic E-state index is 5.33. The van der Waals surface area contributed by atoms with Crippen molar-refractivity contribution in [3.63, 3.8) is 0 Å². The van der Waals surface area contributed by atoms with E-state index in [1.807, 2.05) is 14.0 Å². The molecule has 1 N–H and O–H groups in total. The molecule has 0 saturated carbocycles. The summed E-state index contributed by atoms with van der Waals surface area (Å²) in [5.41, 5.74) is 1.06. The van der Waals surface area contributed by atoms with Crippen LogP contribution in [0.15, 0.2) is 10.4 Å². The van der Waals surface area contributed by atoms with E-state index in [0.717, 1.165) is 29.8 Å². The van der Waals surface area contributed by atoms with E-state index in [2.05, 4.69) is 46.5 Å². The van der Waals surface area contributed by atoms with E-state index in [1.165, 1.54) is 25.7 Å². The van der Waals surface area contributed by atoms with Crippen molar-refractivity contribution in [2.45, 2.75) is 59.1 Å². The number of methoxy groups -OCH3 is 1. The van der Waals surface area contributed by atoms with E-state index in [0.29, 0.717) is 5.92 Å². The lowest BCUT2D eigenvalue weighted by Gasteiger charge is -2.23. The third-order valence-electron chi connectivity index (χ3n) is 4.34. The van der Waals surface area contributed by atoms with Gasteiger partial charge in [-0.25, -0.2) is 4.98 Å². The number of unbranched alkanes of at least 4 members (excludes halogenated alkanes) is 1. The average molecular weight is 482 g/mol. The Kier molecular flexibility index (Phi) is 13.5. The lowest BCUT2D eigenvalue weighted by atomic mass is 9.99. The highest BCUT2D eigenvalue weighted by molar-refractivity contribution is 14.0. The zero-order chi connectivity index (χ0) is 17.9. The number of aromatic nitrogens is 1. The second-order valence-corrected chi connectivity index (χ2v) is 7.15. The van der Waals surface area contributed by atoms with Gasteiger partial charge in [0.25, 0.3) is 0 Å². The molecule has 0 spiro atoms. The number of hydrogen-bond donors (Lipinski definition) is 1. The number of halogens is 1. The first-order chi connectivity index (χ1) is 11.5. The number of guanidine groups is 1. The molecule has 0 bridgehead atoms. The predicted molar refractivity (Wildman–Crippen MR) is 119 cm³/mol. The first-order valence-electron chi connectivity index (χ1n) is 8.94. The van der Waals surface area contributed by atoms with Gasteiger partial charge in [0.15, 0.2) is 5.96 Å². The van der Waals surface area contributed by atoms with Crippen LogP contribution >= 0.6 is 35.3 Å². The fourth-order valence-corrected chi connectivity index (χ4v) is 3.41. The van der Waals surface area contributed by atoms with Crippen molar-refractivity contribution < 1.29 is 4.74 Å². The predicted octanol–water partition coefficient (Wildman–Crippen LogP) is 4.69. The number of hydrogen-bond acceptors (Lipinski definition) is 4. The Balaban J connectivity index is 0.00000576. The summed E-state index contributed by atoms with van der Waals surface area (Å²) in [5.74, 6) is 1.64. The van der Waals surface area contributed by atoms with Gasteiger partial charge in [0.05, 0.1) is 12.2 Å². The van der Waals surface area contributed by atoms with E-state index < -0.39 is 0 Å². The second kappa shape index (κ2) is 13.7. The minimum absolute atomic E-state index is 0. The standard InChI is InChI=1S/C18H34N4OS.HI/c1-7-9-10-15(8-2)11-20-18(19-4)22(5)12-16-13-24-17(21-16)14(3)23-6;/h13-15H,7-12H2,1-6H3,(H,19,20);1H. The first-order valence-corrected chi connectivity index (χ1v) is 9.82. The van der Waals surface area contributed by atoms with Crippen molar-refractivity contribution in [1.29, 1.82) is 0 Å². The van der Waals surface area contributed by atoms with E-state index in [-0.39, 0.29) is 30.1 Å². The molecule has 0 aromatic carbocycles. The van der Waals surface area contributed by atoms with Crippen LogP contribution in [0.4, 0.5) is 0 Å².